The highest BCUT2D eigenvalue weighted by Gasteiger charge is 2.24. The second kappa shape index (κ2) is 8.40. The maximum atomic E-state index is 13.4. The van der Waals surface area contributed by atoms with Gasteiger partial charge in [-0.25, -0.2) is 13.2 Å². The first-order valence-corrected chi connectivity index (χ1v) is 9.78. The number of hydrogen-bond donors (Lipinski definition) is 0. The lowest BCUT2D eigenvalue weighted by Gasteiger charge is -2.29. The lowest BCUT2D eigenvalue weighted by atomic mass is 9.77. The molecule has 0 N–H and O–H groups in total. The maximum Gasteiger partial charge on any atom is 0.194 e. The fraction of sp³-hybridized carbons (Fsp3) is 0.714. The molecule has 0 saturated heterocycles. The van der Waals surface area contributed by atoms with E-state index in [2.05, 4.69) is 0 Å². The normalized spacial score (nSPS) is 25.3. The average molecular weight is 338 g/mol. The van der Waals surface area contributed by atoms with Crippen LogP contribution in [0.25, 0.3) is 0 Å². The topological polar surface area (TPSA) is 0 Å². The summed E-state index contributed by atoms with van der Waals surface area (Å²) in [5.74, 6) is -1.53. The van der Waals surface area contributed by atoms with Crippen molar-refractivity contribution in [1.29, 1.82) is 0 Å². The molecule has 0 spiro atoms. The van der Waals surface area contributed by atoms with E-state index in [4.69, 9.17) is 0 Å². The van der Waals surface area contributed by atoms with Gasteiger partial charge in [-0.1, -0.05) is 51.4 Å². The van der Waals surface area contributed by atoms with Gasteiger partial charge in [0.25, 0.3) is 0 Å². The van der Waals surface area contributed by atoms with Crippen LogP contribution in [-0.4, -0.2) is 0 Å². The van der Waals surface area contributed by atoms with E-state index in [1.54, 1.807) is 0 Å². The number of hydrogen-bond acceptors (Lipinski definition) is 0. The van der Waals surface area contributed by atoms with Gasteiger partial charge in [0.05, 0.1) is 0 Å². The van der Waals surface area contributed by atoms with Gasteiger partial charge in [0.2, 0.25) is 0 Å². The Labute approximate surface area is 143 Å². The summed E-state index contributed by atoms with van der Waals surface area (Å²) in [5.41, 5.74) is 0.631. The van der Waals surface area contributed by atoms with Crippen molar-refractivity contribution in [2.75, 3.05) is 0 Å². The third-order valence-electron chi connectivity index (χ3n) is 6.27. The Bertz CT molecular complexity index is 503. The predicted octanol–water partition coefficient (Wildman–Crippen LogP) is 7.13. The van der Waals surface area contributed by atoms with E-state index < -0.39 is 17.5 Å². The third-order valence-corrected chi connectivity index (χ3v) is 6.27. The van der Waals surface area contributed by atoms with Gasteiger partial charge in [-0.2, -0.15) is 0 Å². The Morgan fingerprint density at radius 1 is 0.708 bits per heavy atom. The van der Waals surface area contributed by atoms with Gasteiger partial charge in [0, 0.05) is 0 Å². The molecule has 2 fully saturated rings. The molecular formula is C21H29F3. The van der Waals surface area contributed by atoms with Crippen molar-refractivity contribution in [3.63, 3.8) is 0 Å². The molecule has 3 rings (SSSR count). The van der Waals surface area contributed by atoms with Crippen LogP contribution < -0.4 is 0 Å². The Kier molecular flexibility index (Phi) is 6.24. The van der Waals surface area contributed by atoms with Crippen LogP contribution in [-0.2, 0) is 0 Å². The lowest BCUT2D eigenvalue weighted by molar-refractivity contribution is 0.297. The Morgan fingerprint density at radius 3 is 1.75 bits per heavy atom. The van der Waals surface area contributed by atoms with Crippen LogP contribution in [0.4, 0.5) is 13.2 Å². The molecule has 0 heterocycles. The van der Waals surface area contributed by atoms with E-state index in [0.29, 0.717) is 5.56 Å². The molecule has 3 heteroatoms. The first-order chi connectivity index (χ1) is 11.6. The highest BCUT2D eigenvalue weighted by Crippen LogP contribution is 2.38. The second-order valence-corrected chi connectivity index (χ2v) is 7.95. The van der Waals surface area contributed by atoms with E-state index in [9.17, 15) is 13.2 Å². The van der Waals surface area contributed by atoms with E-state index >= 15 is 0 Å². The van der Waals surface area contributed by atoms with Crippen molar-refractivity contribution in [1.82, 2.24) is 0 Å². The van der Waals surface area contributed by atoms with Gasteiger partial charge in [0.15, 0.2) is 17.5 Å². The van der Waals surface area contributed by atoms with Gasteiger partial charge in [-0.05, 0) is 61.1 Å². The fourth-order valence-electron chi connectivity index (χ4n) is 4.76. The standard InChI is InChI=1S/C21H29F3/c22-19-13-18(14-20(23)21(19)24)17-11-9-16(10-12-17)8-4-3-7-15-5-1-2-6-15/h13-17H,1-12H2/t16-,17-. The molecule has 1 aromatic carbocycles. The fourth-order valence-corrected chi connectivity index (χ4v) is 4.76. The average Bonchev–Trinajstić information content (AvgIpc) is 3.10. The third kappa shape index (κ3) is 4.55. The Hall–Kier alpha value is -0.990. The number of benzene rings is 1. The zero-order valence-corrected chi connectivity index (χ0v) is 14.5. The summed E-state index contributed by atoms with van der Waals surface area (Å²) in [6, 6.07) is 2.37. The van der Waals surface area contributed by atoms with Crippen LogP contribution in [0.3, 0.4) is 0 Å². The first-order valence-electron chi connectivity index (χ1n) is 9.78. The first kappa shape index (κ1) is 17.8. The minimum Gasteiger partial charge on any atom is -0.204 e. The van der Waals surface area contributed by atoms with Crippen molar-refractivity contribution < 1.29 is 13.2 Å². The molecule has 0 aliphatic heterocycles. The minimum atomic E-state index is -1.35. The van der Waals surface area contributed by atoms with E-state index in [0.717, 1.165) is 37.5 Å². The summed E-state index contributed by atoms with van der Waals surface area (Å²) in [4.78, 5) is 0. The molecule has 0 aromatic heterocycles. The molecule has 0 bridgehead atoms. The molecule has 2 aliphatic carbocycles. The monoisotopic (exact) mass is 338 g/mol. The van der Waals surface area contributed by atoms with Crippen molar-refractivity contribution in [2.24, 2.45) is 11.8 Å². The van der Waals surface area contributed by atoms with Gasteiger partial charge >= 0.3 is 0 Å². The van der Waals surface area contributed by atoms with Gasteiger partial charge < -0.3 is 0 Å². The van der Waals surface area contributed by atoms with Crippen molar-refractivity contribution in [3.05, 3.63) is 35.1 Å². The molecule has 2 saturated carbocycles. The van der Waals surface area contributed by atoms with Crippen LogP contribution >= 0.6 is 0 Å². The minimum absolute atomic E-state index is 0.185. The number of unbranched alkanes of at least 4 members (excludes halogenated alkanes) is 1. The Balaban J connectivity index is 1.39. The van der Waals surface area contributed by atoms with Crippen LogP contribution in [0.2, 0.25) is 0 Å². The largest absolute Gasteiger partial charge is 0.204 e. The van der Waals surface area contributed by atoms with Crippen LogP contribution in [0.1, 0.15) is 88.5 Å². The molecule has 0 unspecified atom stereocenters. The van der Waals surface area contributed by atoms with E-state index in [-0.39, 0.29) is 5.92 Å². The van der Waals surface area contributed by atoms with Crippen LogP contribution in [0.15, 0.2) is 12.1 Å². The van der Waals surface area contributed by atoms with Gasteiger partial charge in [0.1, 0.15) is 0 Å². The quantitative estimate of drug-likeness (QED) is 0.382. The highest BCUT2D eigenvalue weighted by molar-refractivity contribution is 5.23. The molecule has 0 amide bonds. The van der Waals surface area contributed by atoms with Crippen LogP contribution in [0.5, 0.6) is 0 Å². The van der Waals surface area contributed by atoms with Crippen molar-refractivity contribution >= 4 is 0 Å². The Morgan fingerprint density at radius 2 is 1.21 bits per heavy atom. The maximum absolute atomic E-state index is 13.4. The predicted molar refractivity (Wildman–Crippen MR) is 91.4 cm³/mol. The summed E-state index contributed by atoms with van der Waals surface area (Å²) in [5, 5.41) is 0. The summed E-state index contributed by atoms with van der Waals surface area (Å²) < 4.78 is 39.9. The summed E-state index contributed by atoms with van der Waals surface area (Å²) in [7, 11) is 0. The molecule has 1 aromatic rings. The van der Waals surface area contributed by atoms with E-state index in [1.807, 2.05) is 0 Å². The zero-order valence-electron chi connectivity index (χ0n) is 14.5. The number of rotatable bonds is 6. The number of halogens is 3. The second-order valence-electron chi connectivity index (χ2n) is 7.95. The van der Waals surface area contributed by atoms with Crippen molar-refractivity contribution in [3.8, 4) is 0 Å². The van der Waals surface area contributed by atoms with Gasteiger partial charge in [-0.3, -0.25) is 0 Å². The molecule has 0 radical (unpaired) electrons. The highest BCUT2D eigenvalue weighted by atomic mass is 19.2. The van der Waals surface area contributed by atoms with Gasteiger partial charge in [-0.15, -0.1) is 0 Å². The molecule has 2 aliphatic rings. The molecule has 24 heavy (non-hydrogen) atoms. The lowest BCUT2D eigenvalue weighted by Crippen LogP contribution is -2.14. The molecule has 0 atom stereocenters. The van der Waals surface area contributed by atoms with Crippen molar-refractivity contribution in [2.45, 2.75) is 83.0 Å². The molecule has 0 nitrogen and oxygen atoms in total. The van der Waals surface area contributed by atoms with Crippen LogP contribution in [0, 0.1) is 29.3 Å². The summed E-state index contributed by atoms with van der Waals surface area (Å²) in [6.45, 7) is 0. The smallest absolute Gasteiger partial charge is 0.194 e. The molecule has 134 valence electrons. The zero-order chi connectivity index (χ0) is 16.9. The summed E-state index contributed by atoms with van der Waals surface area (Å²) in [6.07, 6.45) is 15.3. The summed E-state index contributed by atoms with van der Waals surface area (Å²) >= 11 is 0. The SMILES string of the molecule is Fc1cc([C@H]2CC[C@H](CCCCC3CCCC3)CC2)cc(F)c1F. The molecular weight excluding hydrogens is 309 g/mol. The van der Waals surface area contributed by atoms with E-state index in [1.165, 1.54) is 63.5 Å².